The molecular formula is C25H26FN3O4S. The molecule has 0 aliphatic carbocycles. The number of para-hydroxylation sites is 1. The van der Waals surface area contributed by atoms with Gasteiger partial charge in [0.05, 0.1) is 22.9 Å². The van der Waals surface area contributed by atoms with Gasteiger partial charge in [-0.05, 0) is 74.9 Å². The standard InChI is InChI=1S/C25H26FN3O4S/c1-18(2)33-21-12-10-20(11-13-21)16-27-28-25(30)17-29(24-7-5-4-6-23(24)26)34(31,32)22-14-8-19(3)9-15-22/h4-16,18H,17H2,1-3H3,(H,28,30)/b27-16+. The van der Waals surface area contributed by atoms with Crippen LogP contribution in [0.5, 0.6) is 5.75 Å². The van der Waals surface area contributed by atoms with Gasteiger partial charge in [0.15, 0.2) is 0 Å². The van der Waals surface area contributed by atoms with Crippen LogP contribution in [0.3, 0.4) is 0 Å². The molecule has 0 saturated heterocycles. The molecule has 34 heavy (non-hydrogen) atoms. The highest BCUT2D eigenvalue weighted by molar-refractivity contribution is 7.92. The zero-order chi connectivity index (χ0) is 24.7. The third-order valence-corrected chi connectivity index (χ3v) is 6.45. The highest BCUT2D eigenvalue weighted by Gasteiger charge is 2.29. The first-order valence-electron chi connectivity index (χ1n) is 10.6. The van der Waals surface area contributed by atoms with Gasteiger partial charge in [0.1, 0.15) is 18.1 Å². The Morgan fingerprint density at radius 2 is 1.71 bits per heavy atom. The third-order valence-electron chi connectivity index (χ3n) is 4.67. The first kappa shape index (κ1) is 24.9. The van der Waals surface area contributed by atoms with Crippen LogP contribution in [-0.4, -0.2) is 33.2 Å². The minimum Gasteiger partial charge on any atom is -0.491 e. The summed E-state index contributed by atoms with van der Waals surface area (Å²) in [5.74, 6) is -0.786. The van der Waals surface area contributed by atoms with Gasteiger partial charge in [-0.1, -0.05) is 29.8 Å². The minimum absolute atomic E-state index is 0.0485. The van der Waals surface area contributed by atoms with Crippen LogP contribution >= 0.6 is 0 Å². The molecule has 1 amide bonds. The Labute approximate surface area is 198 Å². The fourth-order valence-electron chi connectivity index (χ4n) is 3.04. The first-order valence-corrected chi connectivity index (χ1v) is 12.0. The zero-order valence-corrected chi connectivity index (χ0v) is 19.9. The van der Waals surface area contributed by atoms with E-state index < -0.39 is 28.3 Å². The van der Waals surface area contributed by atoms with E-state index in [-0.39, 0.29) is 16.7 Å². The van der Waals surface area contributed by atoms with Gasteiger partial charge in [-0.3, -0.25) is 9.10 Å². The molecule has 1 N–H and O–H groups in total. The number of aryl methyl sites for hydroxylation is 1. The van der Waals surface area contributed by atoms with Gasteiger partial charge in [-0.25, -0.2) is 18.2 Å². The van der Waals surface area contributed by atoms with Crippen molar-refractivity contribution in [3.63, 3.8) is 0 Å². The number of halogens is 1. The van der Waals surface area contributed by atoms with Crippen molar-refractivity contribution in [2.24, 2.45) is 5.10 Å². The molecular weight excluding hydrogens is 457 g/mol. The van der Waals surface area contributed by atoms with Crippen molar-refractivity contribution in [3.8, 4) is 5.75 Å². The van der Waals surface area contributed by atoms with E-state index in [1.165, 1.54) is 36.5 Å². The summed E-state index contributed by atoms with van der Waals surface area (Å²) in [6.07, 6.45) is 1.46. The zero-order valence-electron chi connectivity index (χ0n) is 19.1. The average Bonchev–Trinajstić information content (AvgIpc) is 2.79. The SMILES string of the molecule is Cc1ccc(S(=O)(=O)N(CC(=O)N/N=C/c2ccc(OC(C)C)cc2)c2ccccc2F)cc1. The van der Waals surface area contributed by atoms with Gasteiger partial charge < -0.3 is 4.74 Å². The quantitative estimate of drug-likeness (QED) is 0.364. The fraction of sp³-hybridized carbons (Fsp3) is 0.200. The summed E-state index contributed by atoms with van der Waals surface area (Å²) in [5, 5.41) is 3.89. The van der Waals surface area contributed by atoms with E-state index in [4.69, 9.17) is 4.74 Å². The predicted molar refractivity (Wildman–Crippen MR) is 130 cm³/mol. The van der Waals surface area contributed by atoms with Crippen molar-refractivity contribution in [2.45, 2.75) is 31.8 Å². The number of nitrogens with zero attached hydrogens (tertiary/aromatic N) is 2. The summed E-state index contributed by atoms with van der Waals surface area (Å²) in [6.45, 7) is 5.01. The lowest BCUT2D eigenvalue weighted by Crippen LogP contribution is -2.40. The van der Waals surface area contributed by atoms with Gasteiger partial charge in [0.25, 0.3) is 15.9 Å². The molecule has 0 spiro atoms. The van der Waals surface area contributed by atoms with Crippen LogP contribution < -0.4 is 14.5 Å². The van der Waals surface area contributed by atoms with Crippen molar-refractivity contribution < 1.29 is 22.3 Å². The molecule has 3 aromatic carbocycles. The highest BCUT2D eigenvalue weighted by Crippen LogP contribution is 2.26. The molecule has 178 valence electrons. The number of carbonyl (C=O) groups is 1. The number of hydrogen-bond donors (Lipinski definition) is 1. The van der Waals surface area contributed by atoms with E-state index in [0.717, 1.165) is 15.9 Å². The molecule has 3 rings (SSSR count). The second-order valence-corrected chi connectivity index (χ2v) is 9.67. The largest absolute Gasteiger partial charge is 0.491 e. The molecule has 0 aliphatic rings. The molecule has 0 heterocycles. The van der Waals surface area contributed by atoms with Crippen LogP contribution in [0.4, 0.5) is 10.1 Å². The molecule has 0 aliphatic heterocycles. The van der Waals surface area contributed by atoms with E-state index in [1.807, 2.05) is 20.8 Å². The number of carbonyl (C=O) groups excluding carboxylic acids is 1. The molecule has 0 bridgehead atoms. The number of ether oxygens (including phenoxy) is 1. The normalized spacial score (nSPS) is 11.6. The molecule has 0 atom stereocenters. The predicted octanol–water partition coefficient (Wildman–Crippen LogP) is 4.27. The summed E-state index contributed by atoms with van der Waals surface area (Å²) in [6, 6.07) is 18.6. The number of hydrazone groups is 1. The van der Waals surface area contributed by atoms with E-state index in [9.17, 15) is 17.6 Å². The maximum absolute atomic E-state index is 14.5. The Morgan fingerprint density at radius 3 is 2.32 bits per heavy atom. The van der Waals surface area contributed by atoms with Crippen molar-refractivity contribution in [2.75, 3.05) is 10.8 Å². The van der Waals surface area contributed by atoms with Crippen molar-refractivity contribution in [1.29, 1.82) is 0 Å². The lowest BCUT2D eigenvalue weighted by Gasteiger charge is -2.24. The topological polar surface area (TPSA) is 88.1 Å². The fourth-order valence-corrected chi connectivity index (χ4v) is 4.47. The summed E-state index contributed by atoms with van der Waals surface area (Å²) < 4.78 is 47.3. The van der Waals surface area contributed by atoms with Gasteiger partial charge in [-0.15, -0.1) is 0 Å². The molecule has 0 unspecified atom stereocenters. The Morgan fingerprint density at radius 1 is 1.06 bits per heavy atom. The van der Waals surface area contributed by atoms with E-state index in [2.05, 4.69) is 10.5 Å². The second-order valence-electron chi connectivity index (χ2n) is 7.80. The summed E-state index contributed by atoms with van der Waals surface area (Å²) in [5.41, 5.74) is 3.64. The van der Waals surface area contributed by atoms with Crippen molar-refractivity contribution >= 4 is 27.8 Å². The number of nitrogens with one attached hydrogen (secondary N) is 1. The lowest BCUT2D eigenvalue weighted by molar-refractivity contribution is -0.119. The summed E-state index contributed by atoms with van der Waals surface area (Å²) in [7, 11) is -4.21. The number of hydrogen-bond acceptors (Lipinski definition) is 5. The molecule has 0 aromatic heterocycles. The maximum atomic E-state index is 14.5. The lowest BCUT2D eigenvalue weighted by atomic mass is 10.2. The molecule has 0 saturated carbocycles. The van der Waals surface area contributed by atoms with Gasteiger partial charge in [-0.2, -0.15) is 5.10 Å². The van der Waals surface area contributed by atoms with Crippen LogP contribution in [-0.2, 0) is 14.8 Å². The van der Waals surface area contributed by atoms with Gasteiger partial charge in [0, 0.05) is 0 Å². The van der Waals surface area contributed by atoms with E-state index in [1.54, 1.807) is 36.4 Å². The number of benzene rings is 3. The smallest absolute Gasteiger partial charge is 0.264 e. The Balaban J connectivity index is 1.77. The Bertz CT molecular complexity index is 1260. The van der Waals surface area contributed by atoms with Gasteiger partial charge >= 0.3 is 0 Å². The van der Waals surface area contributed by atoms with Crippen LogP contribution in [0.2, 0.25) is 0 Å². The third kappa shape index (κ3) is 6.41. The molecule has 3 aromatic rings. The summed E-state index contributed by atoms with van der Waals surface area (Å²) in [4.78, 5) is 12.5. The molecule has 9 heteroatoms. The number of anilines is 1. The van der Waals surface area contributed by atoms with Gasteiger partial charge in [0.2, 0.25) is 0 Å². The second kappa shape index (κ2) is 10.9. The van der Waals surface area contributed by atoms with Crippen LogP contribution in [0.25, 0.3) is 0 Å². The minimum atomic E-state index is -4.21. The maximum Gasteiger partial charge on any atom is 0.264 e. The number of sulfonamides is 1. The first-order chi connectivity index (χ1) is 16.2. The average molecular weight is 484 g/mol. The highest BCUT2D eigenvalue weighted by atomic mass is 32.2. The Kier molecular flexibility index (Phi) is 8.01. The van der Waals surface area contributed by atoms with Crippen molar-refractivity contribution in [1.82, 2.24) is 5.43 Å². The molecule has 0 fully saturated rings. The number of rotatable bonds is 9. The van der Waals surface area contributed by atoms with Crippen LogP contribution in [0, 0.1) is 12.7 Å². The van der Waals surface area contributed by atoms with Crippen molar-refractivity contribution in [3.05, 3.63) is 89.7 Å². The molecule has 0 radical (unpaired) electrons. The van der Waals surface area contributed by atoms with E-state index >= 15 is 0 Å². The Hall–Kier alpha value is -3.72. The monoisotopic (exact) mass is 483 g/mol. The summed E-state index contributed by atoms with van der Waals surface area (Å²) >= 11 is 0. The van der Waals surface area contributed by atoms with Crippen LogP contribution in [0.1, 0.15) is 25.0 Å². The number of amides is 1. The molecule has 7 nitrogen and oxygen atoms in total. The van der Waals surface area contributed by atoms with E-state index in [0.29, 0.717) is 11.3 Å². The van der Waals surface area contributed by atoms with Crippen LogP contribution in [0.15, 0.2) is 82.8 Å².